The maximum atomic E-state index is 5.68. The minimum Gasteiger partial charge on any atom is -0.453 e. The summed E-state index contributed by atoms with van der Waals surface area (Å²) in [7, 11) is 0. The van der Waals surface area contributed by atoms with Gasteiger partial charge in [0.25, 0.3) is 0 Å². The molecule has 2 N–H and O–H groups in total. The van der Waals surface area contributed by atoms with E-state index in [0.29, 0.717) is 17.7 Å². The highest BCUT2D eigenvalue weighted by Crippen LogP contribution is 2.42. The monoisotopic (exact) mass is 185 g/mol. The summed E-state index contributed by atoms with van der Waals surface area (Å²) in [6, 6.07) is 1.87. The van der Waals surface area contributed by atoms with Gasteiger partial charge in [0.15, 0.2) is 5.22 Å². The predicted molar refractivity (Wildman–Crippen MR) is 48.2 cm³/mol. The van der Waals surface area contributed by atoms with E-state index >= 15 is 0 Å². The van der Waals surface area contributed by atoms with Gasteiger partial charge in [-0.15, -0.1) is 0 Å². The van der Waals surface area contributed by atoms with Crippen molar-refractivity contribution in [2.75, 3.05) is 6.54 Å². The number of hydrogen-bond acceptors (Lipinski definition) is 2. The Morgan fingerprint density at radius 2 is 2.42 bits per heavy atom. The van der Waals surface area contributed by atoms with Crippen molar-refractivity contribution in [3.8, 4) is 0 Å². The topological polar surface area (TPSA) is 39.2 Å². The van der Waals surface area contributed by atoms with Gasteiger partial charge in [-0.1, -0.05) is 0 Å². The van der Waals surface area contributed by atoms with E-state index in [2.05, 4.69) is 0 Å². The Balaban J connectivity index is 2.15. The zero-order valence-corrected chi connectivity index (χ0v) is 7.55. The Kier molecular flexibility index (Phi) is 2.11. The first-order valence-electron chi connectivity index (χ1n) is 4.25. The van der Waals surface area contributed by atoms with Gasteiger partial charge >= 0.3 is 0 Å². The maximum absolute atomic E-state index is 5.68. The molecule has 1 fully saturated rings. The van der Waals surface area contributed by atoms with Crippen LogP contribution in [0.5, 0.6) is 0 Å². The Morgan fingerprint density at radius 1 is 1.67 bits per heavy atom. The summed E-state index contributed by atoms with van der Waals surface area (Å²) in [5, 5.41) is 0.462. The first-order valence-corrected chi connectivity index (χ1v) is 4.63. The number of hydrogen-bond donors (Lipinski definition) is 1. The molecule has 1 aromatic rings. The summed E-state index contributed by atoms with van der Waals surface area (Å²) in [4.78, 5) is 0. The molecule has 3 heteroatoms. The lowest BCUT2D eigenvalue weighted by molar-refractivity contribution is 0.550. The van der Waals surface area contributed by atoms with Crippen LogP contribution in [0.4, 0.5) is 0 Å². The average molecular weight is 186 g/mol. The Labute approximate surface area is 76.7 Å². The molecule has 0 saturated heterocycles. The van der Waals surface area contributed by atoms with E-state index in [1.54, 1.807) is 6.26 Å². The molecule has 1 atom stereocenters. The summed E-state index contributed by atoms with van der Waals surface area (Å²) in [5.41, 5.74) is 6.83. The minimum absolute atomic E-state index is 0.459. The predicted octanol–water partition coefficient (Wildman–Crippen LogP) is 2.39. The molecule has 1 saturated carbocycles. The molecule has 2 nitrogen and oxygen atoms in total. The van der Waals surface area contributed by atoms with E-state index in [-0.39, 0.29) is 0 Å². The van der Waals surface area contributed by atoms with Crippen molar-refractivity contribution in [1.82, 2.24) is 0 Å². The second-order valence-corrected chi connectivity index (χ2v) is 3.74. The number of nitrogens with two attached hydrogens (primary N) is 1. The summed E-state index contributed by atoms with van der Waals surface area (Å²) >= 11 is 5.68. The van der Waals surface area contributed by atoms with Crippen LogP contribution in [0.2, 0.25) is 5.22 Å². The summed E-state index contributed by atoms with van der Waals surface area (Å²) in [6.07, 6.45) is 4.31. The van der Waals surface area contributed by atoms with Gasteiger partial charge in [0, 0.05) is 5.92 Å². The fourth-order valence-electron chi connectivity index (χ4n) is 1.62. The van der Waals surface area contributed by atoms with E-state index in [1.807, 2.05) is 6.07 Å². The van der Waals surface area contributed by atoms with Gasteiger partial charge < -0.3 is 10.2 Å². The van der Waals surface area contributed by atoms with Crippen LogP contribution in [0.15, 0.2) is 16.7 Å². The van der Waals surface area contributed by atoms with Crippen LogP contribution < -0.4 is 5.73 Å². The Bertz CT molecular complexity index is 267. The van der Waals surface area contributed by atoms with Gasteiger partial charge in [0.05, 0.1) is 6.26 Å². The molecule has 0 spiro atoms. The highest BCUT2D eigenvalue weighted by Gasteiger charge is 2.31. The molecule has 2 rings (SSSR count). The standard InChI is InChI=1S/C9H12ClNO/c10-9-3-7(5-12-9)8(4-11)6-1-2-6/h3,5-6,8H,1-2,4,11H2. The molecular weight excluding hydrogens is 174 g/mol. The van der Waals surface area contributed by atoms with Crippen molar-refractivity contribution < 1.29 is 4.42 Å². The van der Waals surface area contributed by atoms with Crippen molar-refractivity contribution in [2.45, 2.75) is 18.8 Å². The summed E-state index contributed by atoms with van der Waals surface area (Å²) < 4.78 is 5.04. The molecule has 0 aliphatic heterocycles. The molecular formula is C9H12ClNO. The van der Waals surface area contributed by atoms with Crippen LogP contribution in [0.25, 0.3) is 0 Å². The minimum atomic E-state index is 0.459. The van der Waals surface area contributed by atoms with Crippen molar-refractivity contribution in [3.63, 3.8) is 0 Å². The molecule has 1 aromatic heterocycles. The lowest BCUT2D eigenvalue weighted by Gasteiger charge is -2.09. The van der Waals surface area contributed by atoms with Crippen molar-refractivity contribution in [1.29, 1.82) is 0 Å². The normalized spacial score (nSPS) is 19.5. The van der Waals surface area contributed by atoms with Crippen molar-refractivity contribution in [3.05, 3.63) is 23.1 Å². The molecule has 0 aromatic carbocycles. The molecule has 0 radical (unpaired) electrons. The lowest BCUT2D eigenvalue weighted by Crippen LogP contribution is -2.13. The maximum Gasteiger partial charge on any atom is 0.193 e. The van der Waals surface area contributed by atoms with Gasteiger partial charge in [-0.3, -0.25) is 0 Å². The molecule has 0 amide bonds. The van der Waals surface area contributed by atoms with Crippen LogP contribution in [-0.2, 0) is 0 Å². The third-order valence-electron chi connectivity index (χ3n) is 2.46. The van der Waals surface area contributed by atoms with Crippen molar-refractivity contribution in [2.24, 2.45) is 11.7 Å². The average Bonchev–Trinajstić information content (AvgIpc) is 2.78. The first-order chi connectivity index (χ1) is 5.81. The number of rotatable bonds is 3. The molecule has 0 bridgehead atoms. The second-order valence-electron chi connectivity index (χ2n) is 3.36. The van der Waals surface area contributed by atoms with E-state index < -0.39 is 0 Å². The van der Waals surface area contributed by atoms with Gasteiger partial charge in [-0.05, 0) is 48.5 Å². The van der Waals surface area contributed by atoms with E-state index in [1.165, 1.54) is 12.8 Å². The first kappa shape index (κ1) is 8.14. The highest BCUT2D eigenvalue weighted by molar-refractivity contribution is 6.28. The van der Waals surface area contributed by atoms with Crippen LogP contribution >= 0.6 is 11.6 Å². The molecule has 66 valence electrons. The number of halogens is 1. The van der Waals surface area contributed by atoms with Crippen molar-refractivity contribution >= 4 is 11.6 Å². The SMILES string of the molecule is NCC(c1coc(Cl)c1)C1CC1. The van der Waals surface area contributed by atoms with E-state index in [9.17, 15) is 0 Å². The fourth-order valence-corrected chi connectivity index (χ4v) is 1.79. The van der Waals surface area contributed by atoms with Gasteiger partial charge in [0.2, 0.25) is 0 Å². The molecule has 1 aliphatic carbocycles. The number of furan rings is 1. The lowest BCUT2D eigenvalue weighted by atomic mass is 9.97. The van der Waals surface area contributed by atoms with E-state index in [0.717, 1.165) is 11.5 Å². The Morgan fingerprint density at radius 3 is 2.83 bits per heavy atom. The second kappa shape index (κ2) is 3.11. The van der Waals surface area contributed by atoms with Gasteiger partial charge in [-0.2, -0.15) is 0 Å². The third-order valence-corrected chi connectivity index (χ3v) is 2.66. The molecule has 1 aliphatic rings. The van der Waals surface area contributed by atoms with Gasteiger partial charge in [0.1, 0.15) is 0 Å². The third kappa shape index (κ3) is 1.50. The van der Waals surface area contributed by atoms with Crippen LogP contribution in [-0.4, -0.2) is 6.54 Å². The quantitative estimate of drug-likeness (QED) is 0.786. The van der Waals surface area contributed by atoms with Crippen LogP contribution in [0.1, 0.15) is 24.3 Å². The van der Waals surface area contributed by atoms with Crippen LogP contribution in [0.3, 0.4) is 0 Å². The zero-order chi connectivity index (χ0) is 8.55. The summed E-state index contributed by atoms with van der Waals surface area (Å²) in [5.74, 6) is 1.23. The smallest absolute Gasteiger partial charge is 0.193 e. The Hall–Kier alpha value is -0.470. The van der Waals surface area contributed by atoms with E-state index in [4.69, 9.17) is 21.8 Å². The molecule has 1 heterocycles. The summed E-state index contributed by atoms with van der Waals surface area (Å²) in [6.45, 7) is 0.695. The molecule has 12 heavy (non-hydrogen) atoms. The van der Waals surface area contributed by atoms with Crippen LogP contribution in [0, 0.1) is 5.92 Å². The van der Waals surface area contributed by atoms with Gasteiger partial charge in [-0.25, -0.2) is 0 Å². The molecule has 1 unspecified atom stereocenters. The zero-order valence-electron chi connectivity index (χ0n) is 6.79. The fraction of sp³-hybridized carbons (Fsp3) is 0.556. The highest BCUT2D eigenvalue weighted by atomic mass is 35.5. The largest absolute Gasteiger partial charge is 0.453 e.